The van der Waals surface area contributed by atoms with Crippen LogP contribution in [0.15, 0.2) is 30.4 Å². The molecule has 1 unspecified atom stereocenters. The molecule has 28 heavy (non-hydrogen) atoms. The fourth-order valence-corrected chi connectivity index (χ4v) is 2.47. The molecule has 0 aromatic heterocycles. The van der Waals surface area contributed by atoms with Crippen LogP contribution in [0, 0.1) is 0 Å². The van der Waals surface area contributed by atoms with Crippen molar-refractivity contribution in [2.75, 3.05) is 13.7 Å². The van der Waals surface area contributed by atoms with Crippen LogP contribution in [0.2, 0.25) is 5.02 Å². The van der Waals surface area contributed by atoms with Crippen molar-refractivity contribution in [2.45, 2.75) is 58.4 Å². The summed E-state index contributed by atoms with van der Waals surface area (Å²) in [6, 6.07) is 5.34. The van der Waals surface area contributed by atoms with Gasteiger partial charge in [0.05, 0.1) is 5.02 Å². The summed E-state index contributed by atoms with van der Waals surface area (Å²) in [4.78, 5) is 21.9. The van der Waals surface area contributed by atoms with E-state index < -0.39 is 0 Å². The number of nitrogens with two attached hydrogens (primary N) is 2. The summed E-state index contributed by atoms with van der Waals surface area (Å²) in [5.41, 5.74) is 12.0. The Bertz CT molecular complexity index is 617. The van der Waals surface area contributed by atoms with Gasteiger partial charge in [0.2, 0.25) is 11.8 Å². The topological polar surface area (TPSA) is 107 Å². The maximum absolute atomic E-state index is 11.2. The van der Waals surface area contributed by atoms with Crippen molar-refractivity contribution < 1.29 is 14.3 Å². The summed E-state index contributed by atoms with van der Waals surface area (Å²) in [7, 11) is 1.63. The van der Waals surface area contributed by atoms with Gasteiger partial charge in [-0.25, -0.2) is 0 Å². The van der Waals surface area contributed by atoms with Crippen LogP contribution in [0.25, 0.3) is 0 Å². The van der Waals surface area contributed by atoms with Gasteiger partial charge in [-0.1, -0.05) is 35.9 Å². The highest BCUT2D eigenvalue weighted by molar-refractivity contribution is 6.32. The van der Waals surface area contributed by atoms with Gasteiger partial charge in [-0.05, 0) is 51.2 Å². The first-order valence-corrected chi connectivity index (χ1v) is 9.95. The molecule has 1 atom stereocenters. The number of halogens is 1. The Morgan fingerprint density at radius 3 is 2.46 bits per heavy atom. The van der Waals surface area contributed by atoms with Gasteiger partial charge < -0.3 is 21.5 Å². The molecule has 0 fully saturated rings. The molecule has 0 saturated carbocycles. The second kappa shape index (κ2) is 16.0. The van der Waals surface area contributed by atoms with Crippen LogP contribution in [0.4, 0.5) is 0 Å². The number of primary amides is 1. The summed E-state index contributed by atoms with van der Waals surface area (Å²) in [5.74, 6) is 0.250. The van der Waals surface area contributed by atoms with Crippen LogP contribution in [0.1, 0.15) is 51.5 Å². The number of unbranched alkanes of at least 4 members (excludes halogenated alkanes) is 1. The van der Waals surface area contributed by atoms with E-state index in [0.717, 1.165) is 24.8 Å². The molecule has 0 bridgehead atoms. The lowest BCUT2D eigenvalue weighted by atomic mass is 10.1. The van der Waals surface area contributed by atoms with Crippen molar-refractivity contribution >= 4 is 23.4 Å². The lowest BCUT2D eigenvalue weighted by molar-refractivity contribution is -0.120. The fraction of sp³-hybridized carbons (Fsp3) is 0.524. The highest BCUT2D eigenvalue weighted by Gasteiger charge is 2.10. The van der Waals surface area contributed by atoms with Gasteiger partial charge in [0.25, 0.3) is 0 Å². The second-order valence-corrected chi connectivity index (χ2v) is 6.73. The van der Waals surface area contributed by atoms with E-state index in [0.29, 0.717) is 23.6 Å². The molecule has 0 radical (unpaired) electrons. The lowest BCUT2D eigenvalue weighted by Gasteiger charge is -2.15. The largest absolute Gasteiger partial charge is 0.490 e. The van der Waals surface area contributed by atoms with Crippen molar-refractivity contribution in [1.82, 2.24) is 5.32 Å². The van der Waals surface area contributed by atoms with Crippen molar-refractivity contribution in [3.63, 3.8) is 0 Å². The molecule has 7 heteroatoms. The summed E-state index contributed by atoms with van der Waals surface area (Å²) in [6.45, 7) is 4.27. The van der Waals surface area contributed by atoms with E-state index >= 15 is 0 Å². The number of hydrogen-bond donors (Lipinski definition) is 3. The first-order valence-electron chi connectivity index (χ1n) is 9.57. The Morgan fingerprint density at radius 1 is 1.21 bits per heavy atom. The molecule has 0 aliphatic heterocycles. The summed E-state index contributed by atoms with van der Waals surface area (Å²) >= 11 is 6.37. The fourth-order valence-electron chi connectivity index (χ4n) is 2.19. The Morgan fingerprint density at radius 2 is 1.89 bits per heavy atom. The third-order valence-corrected chi connectivity index (χ3v) is 4.40. The molecule has 0 heterocycles. The van der Waals surface area contributed by atoms with E-state index in [4.69, 9.17) is 27.8 Å². The van der Waals surface area contributed by atoms with Crippen LogP contribution in [0.3, 0.4) is 0 Å². The van der Waals surface area contributed by atoms with Crippen LogP contribution in [-0.2, 0) is 16.0 Å². The molecular weight excluding hydrogens is 378 g/mol. The van der Waals surface area contributed by atoms with Crippen molar-refractivity contribution in [3.8, 4) is 5.75 Å². The van der Waals surface area contributed by atoms with Gasteiger partial charge in [-0.15, -0.1) is 0 Å². The monoisotopic (exact) mass is 411 g/mol. The highest BCUT2D eigenvalue weighted by atomic mass is 35.5. The van der Waals surface area contributed by atoms with Crippen molar-refractivity contribution in [3.05, 3.63) is 40.9 Å². The van der Waals surface area contributed by atoms with Crippen LogP contribution >= 0.6 is 11.6 Å². The van der Waals surface area contributed by atoms with Gasteiger partial charge in [0.15, 0.2) is 0 Å². The molecular formula is C21H34ClN3O3. The van der Waals surface area contributed by atoms with E-state index in [1.165, 1.54) is 0 Å². The lowest BCUT2D eigenvalue weighted by Crippen LogP contribution is -2.29. The third kappa shape index (κ3) is 12.4. The van der Waals surface area contributed by atoms with Crippen LogP contribution in [-0.4, -0.2) is 31.5 Å². The maximum Gasteiger partial charge on any atom is 0.219 e. The van der Waals surface area contributed by atoms with Crippen LogP contribution < -0.4 is 21.5 Å². The molecule has 5 N–H and O–H groups in total. The number of ether oxygens (including phenoxy) is 1. The number of aryl methyl sites for hydroxylation is 1. The number of rotatable bonds is 11. The summed E-state index contributed by atoms with van der Waals surface area (Å²) < 4.78 is 5.66. The van der Waals surface area contributed by atoms with Crippen molar-refractivity contribution in [2.24, 2.45) is 11.5 Å². The summed E-state index contributed by atoms with van der Waals surface area (Å²) in [5, 5.41) is 3.17. The first-order chi connectivity index (χ1) is 13.3. The number of nitrogens with one attached hydrogen (secondary N) is 1. The molecule has 0 saturated heterocycles. The SMILES string of the molecule is C/C=C\C.CNC(=O)CCCCc1cccc(OCC(N)CCC(N)=O)c1Cl. The van der Waals surface area contributed by atoms with E-state index in [1.807, 2.05) is 38.1 Å². The molecule has 1 aromatic carbocycles. The highest BCUT2D eigenvalue weighted by Crippen LogP contribution is 2.29. The number of carbonyl (C=O) groups excluding carboxylic acids is 2. The Hall–Kier alpha value is -2.05. The minimum atomic E-state index is -0.373. The molecule has 2 amide bonds. The van der Waals surface area contributed by atoms with Gasteiger partial charge >= 0.3 is 0 Å². The Labute approximate surface area is 173 Å². The number of hydrogen-bond acceptors (Lipinski definition) is 4. The van der Waals surface area contributed by atoms with E-state index in [2.05, 4.69) is 5.32 Å². The standard InChI is InChI=1S/C17H26ClN3O3.C4H8/c1-21-16(23)8-3-2-5-12-6-4-7-14(17(12)18)24-11-13(19)9-10-15(20)22;1-3-4-2/h4,6-7,13H,2-3,5,8-11,19H2,1H3,(H2,20,22)(H,21,23);3-4H,1-2H3/b;4-3-. The predicted octanol–water partition coefficient (Wildman–Crippen LogP) is 3.35. The Balaban J connectivity index is 0.00000165. The third-order valence-electron chi connectivity index (χ3n) is 3.97. The number of carbonyl (C=O) groups is 2. The smallest absolute Gasteiger partial charge is 0.219 e. The molecule has 0 spiro atoms. The van der Waals surface area contributed by atoms with Gasteiger partial charge in [0.1, 0.15) is 12.4 Å². The van der Waals surface area contributed by atoms with E-state index in [9.17, 15) is 9.59 Å². The van der Waals surface area contributed by atoms with Gasteiger partial charge in [-0.2, -0.15) is 0 Å². The molecule has 1 aromatic rings. The maximum atomic E-state index is 11.2. The molecule has 0 aliphatic rings. The summed E-state index contributed by atoms with van der Waals surface area (Å²) in [6.07, 6.45) is 7.68. The zero-order valence-corrected chi connectivity index (χ0v) is 17.9. The van der Waals surface area contributed by atoms with Crippen LogP contribution in [0.5, 0.6) is 5.75 Å². The predicted molar refractivity (Wildman–Crippen MR) is 115 cm³/mol. The molecule has 0 aliphatic carbocycles. The average molecular weight is 412 g/mol. The Kier molecular flexibility index (Phi) is 14.8. The second-order valence-electron chi connectivity index (χ2n) is 6.35. The normalized spacial score (nSPS) is 11.5. The van der Waals surface area contributed by atoms with E-state index in [1.54, 1.807) is 13.1 Å². The minimum Gasteiger partial charge on any atom is -0.490 e. The van der Waals surface area contributed by atoms with Gasteiger partial charge in [0, 0.05) is 25.9 Å². The zero-order valence-electron chi connectivity index (χ0n) is 17.2. The molecule has 158 valence electrons. The van der Waals surface area contributed by atoms with Crippen molar-refractivity contribution in [1.29, 1.82) is 0 Å². The zero-order chi connectivity index (χ0) is 21.4. The minimum absolute atomic E-state index is 0.0446. The quantitative estimate of drug-likeness (QED) is 0.383. The first kappa shape index (κ1) is 26.0. The molecule has 6 nitrogen and oxygen atoms in total. The van der Waals surface area contributed by atoms with Gasteiger partial charge in [-0.3, -0.25) is 9.59 Å². The molecule has 1 rings (SSSR count). The number of benzene rings is 1. The average Bonchev–Trinajstić information content (AvgIpc) is 2.69. The number of amides is 2. The number of allylic oxidation sites excluding steroid dienone is 2. The van der Waals surface area contributed by atoms with E-state index in [-0.39, 0.29) is 30.9 Å².